The van der Waals surface area contributed by atoms with Gasteiger partial charge in [0, 0.05) is 19.6 Å². The summed E-state index contributed by atoms with van der Waals surface area (Å²) in [5.41, 5.74) is 0. The molecule has 8 heteroatoms. The van der Waals surface area contributed by atoms with Crippen LogP contribution in [0.4, 0.5) is 0 Å². The molecule has 1 unspecified atom stereocenters. The maximum atomic E-state index is 12.3. The Morgan fingerprint density at radius 1 is 1.44 bits per heavy atom. The number of thiophene rings is 1. The molecule has 1 fully saturated rings. The zero-order chi connectivity index (χ0) is 13.2. The quantitative estimate of drug-likeness (QED) is 0.830. The Labute approximate surface area is 109 Å². The average Bonchev–Trinajstić information content (AvgIpc) is 2.88. The molecule has 0 saturated carbocycles. The van der Waals surface area contributed by atoms with Crippen molar-refractivity contribution < 1.29 is 8.42 Å². The number of nitrogens with zero attached hydrogens (tertiary/aromatic N) is 3. The molecule has 0 radical (unpaired) electrons. The highest BCUT2D eigenvalue weighted by molar-refractivity contribution is 7.91. The lowest BCUT2D eigenvalue weighted by Gasteiger charge is -2.30. The molecule has 1 N–H and O–H groups in total. The zero-order valence-electron chi connectivity index (χ0n) is 9.33. The summed E-state index contributed by atoms with van der Waals surface area (Å²) in [4.78, 5) is 0.345. The Bertz CT molecular complexity index is 623. The highest BCUT2D eigenvalue weighted by atomic mass is 32.2. The molecule has 1 aliphatic rings. The fourth-order valence-corrected chi connectivity index (χ4v) is 4.49. The van der Waals surface area contributed by atoms with E-state index in [9.17, 15) is 8.42 Å². The van der Waals surface area contributed by atoms with Crippen LogP contribution in [0, 0.1) is 22.7 Å². The molecule has 0 spiro atoms. The van der Waals surface area contributed by atoms with Crippen molar-refractivity contribution in [3.63, 3.8) is 0 Å². The van der Waals surface area contributed by atoms with Gasteiger partial charge in [-0.1, -0.05) is 0 Å². The number of hydrogen-bond donors (Lipinski definition) is 1. The van der Waals surface area contributed by atoms with E-state index in [4.69, 9.17) is 10.5 Å². The molecule has 1 aromatic rings. The average molecular weight is 282 g/mol. The molecule has 1 aliphatic heterocycles. The molecule has 0 amide bonds. The van der Waals surface area contributed by atoms with Crippen molar-refractivity contribution in [2.24, 2.45) is 0 Å². The van der Waals surface area contributed by atoms with Crippen molar-refractivity contribution in [1.29, 1.82) is 10.5 Å². The number of piperazine rings is 1. The Morgan fingerprint density at radius 2 is 2.22 bits per heavy atom. The minimum Gasteiger partial charge on any atom is -0.313 e. The molecule has 0 bridgehead atoms. The van der Waals surface area contributed by atoms with Crippen LogP contribution < -0.4 is 5.32 Å². The van der Waals surface area contributed by atoms with E-state index in [1.807, 2.05) is 12.1 Å². The summed E-state index contributed by atoms with van der Waals surface area (Å²) in [5.74, 6) is 0. The van der Waals surface area contributed by atoms with Crippen LogP contribution in [0.25, 0.3) is 0 Å². The second-order valence-electron chi connectivity index (χ2n) is 3.70. The fourth-order valence-electron chi connectivity index (χ4n) is 1.72. The highest BCUT2D eigenvalue weighted by Crippen LogP contribution is 2.26. The van der Waals surface area contributed by atoms with Crippen LogP contribution in [0.1, 0.15) is 4.88 Å². The maximum Gasteiger partial charge on any atom is 0.253 e. The van der Waals surface area contributed by atoms with Crippen molar-refractivity contribution in [2.45, 2.75) is 10.3 Å². The van der Waals surface area contributed by atoms with Gasteiger partial charge in [0.15, 0.2) is 0 Å². The van der Waals surface area contributed by atoms with Crippen molar-refractivity contribution >= 4 is 21.4 Å². The summed E-state index contributed by atoms with van der Waals surface area (Å²) in [7, 11) is -3.67. The summed E-state index contributed by atoms with van der Waals surface area (Å²) >= 11 is 0.925. The van der Waals surface area contributed by atoms with Gasteiger partial charge in [-0.2, -0.15) is 14.8 Å². The molecule has 2 heterocycles. The predicted molar refractivity (Wildman–Crippen MR) is 65.2 cm³/mol. The van der Waals surface area contributed by atoms with Gasteiger partial charge >= 0.3 is 0 Å². The first kappa shape index (κ1) is 13.0. The van der Waals surface area contributed by atoms with E-state index < -0.39 is 16.1 Å². The molecular formula is C10H10N4O2S2. The van der Waals surface area contributed by atoms with Gasteiger partial charge in [0.05, 0.1) is 6.07 Å². The first-order chi connectivity index (χ1) is 8.59. The van der Waals surface area contributed by atoms with E-state index in [-0.39, 0.29) is 10.8 Å². The molecule has 0 aromatic carbocycles. The monoisotopic (exact) mass is 282 g/mol. The third kappa shape index (κ3) is 2.24. The van der Waals surface area contributed by atoms with Gasteiger partial charge in [-0.05, 0) is 12.1 Å². The minimum absolute atomic E-state index is 0.112. The molecule has 1 atom stereocenters. The van der Waals surface area contributed by atoms with E-state index in [2.05, 4.69) is 5.32 Å². The summed E-state index contributed by atoms with van der Waals surface area (Å²) in [6, 6.07) is 6.07. The van der Waals surface area contributed by atoms with Crippen LogP contribution in [0.15, 0.2) is 16.3 Å². The number of sulfonamides is 1. The summed E-state index contributed by atoms with van der Waals surface area (Å²) < 4.78 is 26.0. The largest absolute Gasteiger partial charge is 0.313 e. The minimum atomic E-state index is -3.67. The van der Waals surface area contributed by atoms with Gasteiger partial charge in [-0.3, -0.25) is 0 Å². The third-order valence-electron chi connectivity index (χ3n) is 2.60. The molecule has 0 aliphatic carbocycles. The van der Waals surface area contributed by atoms with E-state index in [0.717, 1.165) is 11.3 Å². The molecule has 1 aromatic heterocycles. The highest BCUT2D eigenvalue weighted by Gasteiger charge is 2.34. The fraction of sp³-hybridized carbons (Fsp3) is 0.400. The summed E-state index contributed by atoms with van der Waals surface area (Å²) in [5, 5.41) is 20.7. The molecule has 94 valence electrons. The van der Waals surface area contributed by atoms with Crippen LogP contribution in [0.3, 0.4) is 0 Å². The Morgan fingerprint density at radius 3 is 2.83 bits per heavy atom. The smallest absolute Gasteiger partial charge is 0.253 e. The van der Waals surface area contributed by atoms with Crippen LogP contribution in [-0.2, 0) is 10.0 Å². The van der Waals surface area contributed by atoms with Crippen LogP contribution >= 0.6 is 11.3 Å². The lowest BCUT2D eigenvalue weighted by Crippen LogP contribution is -2.52. The number of nitrogens with one attached hydrogen (secondary N) is 1. The predicted octanol–water partition coefficient (Wildman–Crippen LogP) is 0.106. The van der Waals surface area contributed by atoms with Crippen molar-refractivity contribution in [2.75, 3.05) is 19.6 Å². The molecule has 18 heavy (non-hydrogen) atoms. The maximum absolute atomic E-state index is 12.3. The van der Waals surface area contributed by atoms with Gasteiger partial charge in [0.2, 0.25) is 0 Å². The van der Waals surface area contributed by atoms with Gasteiger partial charge < -0.3 is 5.32 Å². The van der Waals surface area contributed by atoms with E-state index in [1.165, 1.54) is 16.4 Å². The normalized spacial score (nSPS) is 21.1. The lowest BCUT2D eigenvalue weighted by atomic mass is 10.3. The van der Waals surface area contributed by atoms with Crippen LogP contribution in [-0.4, -0.2) is 38.4 Å². The van der Waals surface area contributed by atoms with Crippen molar-refractivity contribution in [1.82, 2.24) is 9.62 Å². The third-order valence-corrected chi connectivity index (χ3v) is 5.96. The van der Waals surface area contributed by atoms with Crippen LogP contribution in [0.5, 0.6) is 0 Å². The number of hydrogen-bond acceptors (Lipinski definition) is 6. The lowest BCUT2D eigenvalue weighted by molar-refractivity contribution is 0.312. The zero-order valence-corrected chi connectivity index (χ0v) is 11.0. The summed E-state index contributed by atoms with van der Waals surface area (Å²) in [6.45, 7) is 1.11. The number of nitriles is 2. The topological polar surface area (TPSA) is 97.0 Å². The Kier molecular flexibility index (Phi) is 3.64. The molecule has 1 saturated heterocycles. The SMILES string of the molecule is N#Cc1ccc(S(=O)(=O)N2CCNCC2C#N)s1. The standard InChI is InChI=1S/C10H10N4O2S2/c11-5-8-7-13-3-4-14(8)18(15,16)10-2-1-9(6-12)17-10/h1-2,8,13H,3-4,7H2. The Hall–Kier alpha value is -1.45. The molecular weight excluding hydrogens is 272 g/mol. The van der Waals surface area contributed by atoms with E-state index in [1.54, 1.807) is 0 Å². The summed E-state index contributed by atoms with van der Waals surface area (Å²) in [6.07, 6.45) is 0. The second kappa shape index (κ2) is 5.04. The van der Waals surface area contributed by atoms with Gasteiger partial charge in [0.25, 0.3) is 10.0 Å². The van der Waals surface area contributed by atoms with Gasteiger partial charge in [-0.15, -0.1) is 11.3 Å². The second-order valence-corrected chi connectivity index (χ2v) is 6.90. The van der Waals surface area contributed by atoms with E-state index >= 15 is 0 Å². The number of rotatable bonds is 2. The van der Waals surface area contributed by atoms with Crippen LogP contribution in [0.2, 0.25) is 0 Å². The first-order valence-corrected chi connectivity index (χ1v) is 7.47. The Balaban J connectivity index is 2.36. The van der Waals surface area contributed by atoms with E-state index in [0.29, 0.717) is 18.0 Å². The molecule has 2 rings (SSSR count). The molecule has 6 nitrogen and oxygen atoms in total. The van der Waals surface area contributed by atoms with Gasteiger partial charge in [0.1, 0.15) is 21.2 Å². The van der Waals surface area contributed by atoms with Crippen molar-refractivity contribution in [3.05, 3.63) is 17.0 Å². The first-order valence-electron chi connectivity index (χ1n) is 5.21. The van der Waals surface area contributed by atoms with Crippen molar-refractivity contribution in [3.8, 4) is 12.1 Å². The van der Waals surface area contributed by atoms with Gasteiger partial charge in [-0.25, -0.2) is 8.42 Å².